The van der Waals surface area contributed by atoms with Crippen LogP contribution in [0.4, 0.5) is 10.2 Å². The highest BCUT2D eigenvalue weighted by Crippen LogP contribution is 2.27. The molecule has 0 amide bonds. The monoisotopic (exact) mass is 352 g/mol. The summed E-state index contributed by atoms with van der Waals surface area (Å²) in [5.74, 6) is 0.277. The molecule has 0 saturated carbocycles. The second kappa shape index (κ2) is 4.87. The molecule has 1 aliphatic heterocycles. The Balaban J connectivity index is 2.23. The van der Waals surface area contributed by atoms with Crippen LogP contribution in [0.25, 0.3) is 0 Å². The standard InChI is InChI=1S/C11H11ClFIN2/c1-7-6-16(3-2-10(7)14)11-4-8(12)9(13)5-15-11/h4-5H,2-3,6H2,1H3. The molecule has 0 saturated heterocycles. The van der Waals surface area contributed by atoms with Crippen molar-refractivity contribution >= 4 is 40.0 Å². The zero-order valence-electron chi connectivity index (χ0n) is 8.80. The van der Waals surface area contributed by atoms with Gasteiger partial charge < -0.3 is 4.90 Å². The summed E-state index contributed by atoms with van der Waals surface area (Å²) in [5.41, 5.74) is 1.34. The SMILES string of the molecule is CC1=C(I)CCN(c2cc(Cl)c(F)cn2)C1. The van der Waals surface area contributed by atoms with E-state index in [1.165, 1.54) is 15.3 Å². The molecule has 0 aromatic carbocycles. The lowest BCUT2D eigenvalue weighted by molar-refractivity contribution is 0.620. The highest BCUT2D eigenvalue weighted by molar-refractivity contribution is 14.1. The molecule has 5 heteroatoms. The molecule has 0 N–H and O–H groups in total. The Hall–Kier alpha value is -0.360. The second-order valence-electron chi connectivity index (χ2n) is 3.81. The molecule has 1 aromatic rings. The number of aromatic nitrogens is 1. The topological polar surface area (TPSA) is 16.1 Å². The fourth-order valence-electron chi connectivity index (χ4n) is 1.67. The van der Waals surface area contributed by atoms with Gasteiger partial charge in [-0.3, -0.25) is 0 Å². The normalized spacial score (nSPS) is 16.9. The largest absolute Gasteiger partial charge is 0.352 e. The lowest BCUT2D eigenvalue weighted by Crippen LogP contribution is -2.30. The Morgan fingerprint density at radius 3 is 2.94 bits per heavy atom. The molecular formula is C11H11ClFIN2. The number of nitrogens with zero attached hydrogens (tertiary/aromatic N) is 2. The Morgan fingerprint density at radius 1 is 1.56 bits per heavy atom. The van der Waals surface area contributed by atoms with Gasteiger partial charge in [0.15, 0.2) is 5.82 Å². The van der Waals surface area contributed by atoms with E-state index in [4.69, 9.17) is 11.6 Å². The molecule has 2 rings (SSSR count). The van der Waals surface area contributed by atoms with E-state index >= 15 is 0 Å². The van der Waals surface area contributed by atoms with E-state index in [9.17, 15) is 4.39 Å². The predicted octanol–water partition coefficient (Wildman–Crippen LogP) is 3.79. The maximum atomic E-state index is 13.0. The predicted molar refractivity (Wildman–Crippen MR) is 72.8 cm³/mol. The van der Waals surface area contributed by atoms with Crippen LogP contribution >= 0.6 is 34.2 Å². The van der Waals surface area contributed by atoms with Gasteiger partial charge in [0.05, 0.1) is 11.2 Å². The Kier molecular flexibility index (Phi) is 3.69. The minimum absolute atomic E-state index is 0.131. The van der Waals surface area contributed by atoms with E-state index in [1.807, 2.05) is 0 Å². The molecule has 0 spiro atoms. The van der Waals surface area contributed by atoms with Crippen molar-refractivity contribution in [1.29, 1.82) is 0 Å². The van der Waals surface area contributed by atoms with Crippen molar-refractivity contribution in [3.8, 4) is 0 Å². The fourth-order valence-corrected chi connectivity index (χ4v) is 2.23. The first-order valence-electron chi connectivity index (χ1n) is 4.98. The van der Waals surface area contributed by atoms with E-state index in [0.29, 0.717) is 0 Å². The molecule has 1 aromatic heterocycles. The molecule has 0 radical (unpaired) electrons. The maximum Gasteiger partial charge on any atom is 0.160 e. The van der Waals surface area contributed by atoms with Crippen molar-refractivity contribution in [2.75, 3.05) is 18.0 Å². The Labute approximate surface area is 113 Å². The van der Waals surface area contributed by atoms with Gasteiger partial charge in [-0.1, -0.05) is 11.6 Å². The van der Waals surface area contributed by atoms with Crippen molar-refractivity contribution in [3.63, 3.8) is 0 Å². The van der Waals surface area contributed by atoms with E-state index in [-0.39, 0.29) is 5.02 Å². The van der Waals surface area contributed by atoms with Gasteiger partial charge in [0.2, 0.25) is 0 Å². The van der Waals surface area contributed by atoms with E-state index in [0.717, 1.165) is 25.3 Å². The van der Waals surface area contributed by atoms with Crippen LogP contribution < -0.4 is 4.90 Å². The van der Waals surface area contributed by atoms with Crippen molar-refractivity contribution < 1.29 is 4.39 Å². The van der Waals surface area contributed by atoms with E-state index in [1.54, 1.807) is 6.07 Å². The number of anilines is 1. The fraction of sp³-hybridized carbons (Fsp3) is 0.364. The molecule has 0 fully saturated rings. The van der Waals surface area contributed by atoms with Gasteiger partial charge in [-0.2, -0.15) is 0 Å². The zero-order valence-corrected chi connectivity index (χ0v) is 11.7. The second-order valence-corrected chi connectivity index (χ2v) is 5.52. The first kappa shape index (κ1) is 12.1. The summed E-state index contributed by atoms with van der Waals surface area (Å²) in [5, 5.41) is 0.131. The van der Waals surface area contributed by atoms with Gasteiger partial charge in [0, 0.05) is 19.2 Å². The van der Waals surface area contributed by atoms with Crippen molar-refractivity contribution in [1.82, 2.24) is 4.98 Å². The van der Waals surface area contributed by atoms with Gasteiger partial charge in [0.1, 0.15) is 5.82 Å². The van der Waals surface area contributed by atoms with Crippen LogP contribution in [0.2, 0.25) is 5.02 Å². The third-order valence-corrected chi connectivity index (χ3v) is 4.36. The van der Waals surface area contributed by atoms with Gasteiger partial charge in [-0.15, -0.1) is 0 Å². The van der Waals surface area contributed by atoms with Crippen LogP contribution in [0.1, 0.15) is 13.3 Å². The number of hydrogen-bond acceptors (Lipinski definition) is 2. The number of pyridine rings is 1. The maximum absolute atomic E-state index is 13.0. The van der Waals surface area contributed by atoms with Gasteiger partial charge in [-0.25, -0.2) is 9.37 Å². The van der Waals surface area contributed by atoms with E-state index in [2.05, 4.69) is 39.4 Å². The number of rotatable bonds is 1. The highest BCUT2D eigenvalue weighted by atomic mass is 127. The number of hydrogen-bond donors (Lipinski definition) is 0. The average Bonchev–Trinajstić information content (AvgIpc) is 2.26. The van der Waals surface area contributed by atoms with Crippen molar-refractivity contribution in [2.45, 2.75) is 13.3 Å². The van der Waals surface area contributed by atoms with Gasteiger partial charge in [-0.05, 0) is 45.1 Å². The molecule has 0 bridgehead atoms. The summed E-state index contributed by atoms with van der Waals surface area (Å²) >= 11 is 8.11. The molecule has 86 valence electrons. The third-order valence-electron chi connectivity index (χ3n) is 2.61. The molecule has 0 unspecified atom stereocenters. The minimum Gasteiger partial charge on any atom is -0.352 e. The minimum atomic E-state index is -0.468. The van der Waals surface area contributed by atoms with Crippen molar-refractivity contribution in [3.05, 3.63) is 32.3 Å². The highest BCUT2D eigenvalue weighted by Gasteiger charge is 2.16. The summed E-state index contributed by atoms with van der Waals surface area (Å²) in [6, 6.07) is 1.59. The van der Waals surface area contributed by atoms with Gasteiger partial charge in [0.25, 0.3) is 0 Å². The molecule has 0 atom stereocenters. The summed E-state index contributed by atoms with van der Waals surface area (Å²) < 4.78 is 14.4. The summed E-state index contributed by atoms with van der Waals surface area (Å²) in [6.45, 7) is 3.86. The number of halogens is 3. The van der Waals surface area contributed by atoms with Crippen LogP contribution in [-0.2, 0) is 0 Å². The molecule has 0 aliphatic carbocycles. The first-order valence-corrected chi connectivity index (χ1v) is 6.43. The van der Waals surface area contributed by atoms with Crippen LogP contribution in [0.5, 0.6) is 0 Å². The van der Waals surface area contributed by atoms with E-state index < -0.39 is 5.82 Å². The summed E-state index contributed by atoms with van der Waals surface area (Å²) in [6.07, 6.45) is 2.19. The first-order chi connectivity index (χ1) is 7.58. The molecule has 16 heavy (non-hydrogen) atoms. The molecular weight excluding hydrogens is 341 g/mol. The smallest absolute Gasteiger partial charge is 0.160 e. The third kappa shape index (κ3) is 2.48. The Morgan fingerprint density at radius 2 is 2.31 bits per heavy atom. The van der Waals surface area contributed by atoms with Crippen LogP contribution in [0.3, 0.4) is 0 Å². The van der Waals surface area contributed by atoms with Crippen LogP contribution in [0.15, 0.2) is 21.4 Å². The molecule has 2 nitrogen and oxygen atoms in total. The lowest BCUT2D eigenvalue weighted by atomic mass is 10.1. The quantitative estimate of drug-likeness (QED) is 0.715. The van der Waals surface area contributed by atoms with Crippen LogP contribution in [0, 0.1) is 5.82 Å². The molecule has 1 aliphatic rings. The van der Waals surface area contributed by atoms with Crippen LogP contribution in [-0.4, -0.2) is 18.1 Å². The van der Waals surface area contributed by atoms with Gasteiger partial charge >= 0.3 is 0 Å². The Bertz CT molecular complexity index is 448. The van der Waals surface area contributed by atoms with Crippen molar-refractivity contribution in [2.24, 2.45) is 0 Å². The lowest BCUT2D eigenvalue weighted by Gasteiger charge is -2.29. The summed E-state index contributed by atoms with van der Waals surface area (Å²) in [4.78, 5) is 6.18. The average molecular weight is 353 g/mol. The molecule has 2 heterocycles. The summed E-state index contributed by atoms with van der Waals surface area (Å²) in [7, 11) is 0. The zero-order chi connectivity index (χ0) is 11.7.